The maximum absolute atomic E-state index is 11.9. The maximum atomic E-state index is 11.9. The largest absolute Gasteiger partial charge is 0.497 e. The molecule has 0 radical (unpaired) electrons. The molecule has 138 valence electrons. The molecular formula is C20H30N2O3. The van der Waals surface area contributed by atoms with Crippen molar-refractivity contribution in [2.75, 3.05) is 20.2 Å². The number of nitrogens with one attached hydrogen (secondary N) is 2. The zero-order valence-electron chi connectivity index (χ0n) is 15.2. The molecule has 0 saturated heterocycles. The standard InChI is InChI=1S/C20H30N2O3/c1-25-18-10-7-17(8-11-18)15-20(24)22-14-13-21-19(23)12-9-16-5-3-2-4-6-16/h7-8,10-11,16H,2-6,9,12-15H2,1H3,(H,21,23)(H,22,24). The number of amides is 2. The molecule has 2 N–H and O–H groups in total. The van der Waals surface area contributed by atoms with E-state index in [4.69, 9.17) is 4.74 Å². The summed E-state index contributed by atoms with van der Waals surface area (Å²) in [5, 5.41) is 5.72. The fourth-order valence-electron chi connectivity index (χ4n) is 3.29. The third-order valence-corrected chi connectivity index (χ3v) is 4.80. The Labute approximate surface area is 150 Å². The number of rotatable bonds is 9. The highest BCUT2D eigenvalue weighted by Gasteiger charge is 2.14. The third kappa shape index (κ3) is 7.59. The number of carbonyl (C=O) groups is 2. The Kier molecular flexibility index (Phi) is 8.29. The maximum Gasteiger partial charge on any atom is 0.224 e. The lowest BCUT2D eigenvalue weighted by atomic mass is 9.86. The van der Waals surface area contributed by atoms with Gasteiger partial charge >= 0.3 is 0 Å². The number of benzene rings is 1. The normalized spacial score (nSPS) is 14.8. The van der Waals surface area contributed by atoms with Crippen LogP contribution in [0.1, 0.15) is 50.5 Å². The van der Waals surface area contributed by atoms with Crippen molar-refractivity contribution in [2.45, 2.75) is 51.4 Å². The molecule has 1 saturated carbocycles. The zero-order chi connectivity index (χ0) is 17.9. The molecule has 25 heavy (non-hydrogen) atoms. The summed E-state index contributed by atoms with van der Waals surface area (Å²) in [5.41, 5.74) is 0.940. The van der Waals surface area contributed by atoms with Crippen molar-refractivity contribution in [3.05, 3.63) is 29.8 Å². The summed E-state index contributed by atoms with van der Waals surface area (Å²) in [6, 6.07) is 7.45. The van der Waals surface area contributed by atoms with Gasteiger partial charge in [-0.3, -0.25) is 9.59 Å². The summed E-state index contributed by atoms with van der Waals surface area (Å²) >= 11 is 0. The van der Waals surface area contributed by atoms with Crippen molar-refractivity contribution in [2.24, 2.45) is 5.92 Å². The van der Waals surface area contributed by atoms with Crippen LogP contribution in [0.15, 0.2) is 24.3 Å². The van der Waals surface area contributed by atoms with E-state index < -0.39 is 0 Å². The van der Waals surface area contributed by atoms with Gasteiger partial charge in [-0.1, -0.05) is 44.2 Å². The highest BCUT2D eigenvalue weighted by molar-refractivity contribution is 5.79. The van der Waals surface area contributed by atoms with Crippen molar-refractivity contribution < 1.29 is 14.3 Å². The van der Waals surface area contributed by atoms with Gasteiger partial charge in [-0.15, -0.1) is 0 Å². The van der Waals surface area contributed by atoms with Crippen LogP contribution < -0.4 is 15.4 Å². The van der Waals surface area contributed by atoms with Crippen molar-refractivity contribution in [3.63, 3.8) is 0 Å². The monoisotopic (exact) mass is 346 g/mol. The average molecular weight is 346 g/mol. The summed E-state index contributed by atoms with van der Waals surface area (Å²) in [6.45, 7) is 0.946. The van der Waals surface area contributed by atoms with Gasteiger partial charge in [0.25, 0.3) is 0 Å². The summed E-state index contributed by atoms with van der Waals surface area (Å²) in [7, 11) is 1.62. The molecule has 5 heteroatoms. The molecule has 5 nitrogen and oxygen atoms in total. The van der Waals surface area contributed by atoms with Crippen LogP contribution in [-0.4, -0.2) is 32.0 Å². The van der Waals surface area contributed by atoms with Crippen LogP contribution in [0, 0.1) is 5.92 Å². The molecule has 1 fully saturated rings. The summed E-state index contributed by atoms with van der Waals surface area (Å²) in [6.07, 6.45) is 8.45. The topological polar surface area (TPSA) is 67.4 Å². The molecular weight excluding hydrogens is 316 g/mol. The third-order valence-electron chi connectivity index (χ3n) is 4.80. The van der Waals surface area contributed by atoms with E-state index in [2.05, 4.69) is 10.6 Å². The van der Waals surface area contributed by atoms with Gasteiger partial charge in [0.2, 0.25) is 11.8 Å². The van der Waals surface area contributed by atoms with Crippen LogP contribution in [0.4, 0.5) is 0 Å². The Morgan fingerprint density at radius 1 is 1.00 bits per heavy atom. The van der Waals surface area contributed by atoms with Crippen molar-refractivity contribution in [3.8, 4) is 5.75 Å². The lowest BCUT2D eigenvalue weighted by Crippen LogP contribution is -2.35. The van der Waals surface area contributed by atoms with Gasteiger partial charge in [0, 0.05) is 19.5 Å². The molecule has 0 aliphatic heterocycles. The Hall–Kier alpha value is -2.04. The number of methoxy groups -OCH3 is 1. The van der Waals surface area contributed by atoms with Gasteiger partial charge in [-0.2, -0.15) is 0 Å². The molecule has 0 heterocycles. The van der Waals surface area contributed by atoms with E-state index in [0.29, 0.717) is 25.9 Å². The zero-order valence-corrected chi connectivity index (χ0v) is 15.2. The Balaban J connectivity index is 1.53. The van der Waals surface area contributed by atoms with Crippen LogP contribution in [0.5, 0.6) is 5.75 Å². The van der Waals surface area contributed by atoms with Gasteiger partial charge < -0.3 is 15.4 Å². The van der Waals surface area contributed by atoms with Crippen LogP contribution in [0.2, 0.25) is 0 Å². The molecule has 1 aliphatic rings. The predicted octanol–water partition coefficient (Wildman–Crippen LogP) is 2.83. The molecule has 0 atom stereocenters. The fraction of sp³-hybridized carbons (Fsp3) is 0.600. The van der Waals surface area contributed by atoms with Gasteiger partial charge in [0.15, 0.2) is 0 Å². The van der Waals surface area contributed by atoms with Crippen LogP contribution in [0.25, 0.3) is 0 Å². The molecule has 0 spiro atoms. The summed E-state index contributed by atoms with van der Waals surface area (Å²) < 4.78 is 5.09. The van der Waals surface area contributed by atoms with E-state index in [-0.39, 0.29) is 11.8 Å². The Morgan fingerprint density at radius 2 is 1.64 bits per heavy atom. The van der Waals surface area contributed by atoms with Crippen molar-refractivity contribution >= 4 is 11.8 Å². The number of hydrogen-bond acceptors (Lipinski definition) is 3. The second-order valence-electron chi connectivity index (χ2n) is 6.77. The van der Waals surface area contributed by atoms with Crippen LogP contribution in [0.3, 0.4) is 0 Å². The van der Waals surface area contributed by atoms with Gasteiger partial charge in [0.05, 0.1) is 13.5 Å². The minimum absolute atomic E-state index is 0.0402. The molecule has 2 rings (SSSR count). The van der Waals surface area contributed by atoms with Crippen LogP contribution in [-0.2, 0) is 16.0 Å². The van der Waals surface area contributed by atoms with Gasteiger partial charge in [0.1, 0.15) is 5.75 Å². The number of hydrogen-bond donors (Lipinski definition) is 2. The first-order valence-corrected chi connectivity index (χ1v) is 9.33. The lowest BCUT2D eigenvalue weighted by molar-refractivity contribution is -0.122. The van der Waals surface area contributed by atoms with E-state index in [1.54, 1.807) is 7.11 Å². The highest BCUT2D eigenvalue weighted by atomic mass is 16.5. The first-order chi connectivity index (χ1) is 12.2. The lowest BCUT2D eigenvalue weighted by Gasteiger charge is -2.20. The van der Waals surface area contributed by atoms with E-state index in [1.807, 2.05) is 24.3 Å². The number of carbonyl (C=O) groups excluding carboxylic acids is 2. The van der Waals surface area contributed by atoms with Crippen molar-refractivity contribution in [1.82, 2.24) is 10.6 Å². The minimum Gasteiger partial charge on any atom is -0.497 e. The van der Waals surface area contributed by atoms with E-state index in [9.17, 15) is 9.59 Å². The molecule has 1 aromatic carbocycles. The summed E-state index contributed by atoms with van der Waals surface area (Å²) in [4.78, 5) is 23.7. The van der Waals surface area contributed by atoms with E-state index >= 15 is 0 Å². The quantitative estimate of drug-likeness (QED) is 0.676. The first kappa shape index (κ1) is 19.3. The minimum atomic E-state index is -0.0402. The molecule has 0 unspecified atom stereocenters. The Bertz CT molecular complexity index is 536. The second-order valence-corrected chi connectivity index (χ2v) is 6.77. The fourth-order valence-corrected chi connectivity index (χ4v) is 3.29. The smallest absolute Gasteiger partial charge is 0.224 e. The number of ether oxygens (including phenoxy) is 1. The van der Waals surface area contributed by atoms with E-state index in [0.717, 1.165) is 23.7 Å². The van der Waals surface area contributed by atoms with Crippen LogP contribution >= 0.6 is 0 Å². The molecule has 1 aliphatic carbocycles. The highest BCUT2D eigenvalue weighted by Crippen LogP contribution is 2.27. The van der Waals surface area contributed by atoms with Gasteiger partial charge in [-0.05, 0) is 30.0 Å². The second kappa shape index (κ2) is 10.7. The molecule has 0 bridgehead atoms. The van der Waals surface area contributed by atoms with Gasteiger partial charge in [-0.25, -0.2) is 0 Å². The first-order valence-electron chi connectivity index (χ1n) is 9.33. The molecule has 1 aromatic rings. The van der Waals surface area contributed by atoms with E-state index in [1.165, 1.54) is 32.1 Å². The summed E-state index contributed by atoms with van der Waals surface area (Å²) in [5.74, 6) is 1.56. The average Bonchev–Trinajstić information content (AvgIpc) is 2.65. The SMILES string of the molecule is COc1ccc(CC(=O)NCCNC(=O)CCC2CCCCC2)cc1. The molecule has 2 amide bonds. The molecule has 0 aromatic heterocycles. The predicted molar refractivity (Wildman–Crippen MR) is 98.5 cm³/mol. The van der Waals surface area contributed by atoms with Crippen molar-refractivity contribution in [1.29, 1.82) is 0 Å². The Morgan fingerprint density at radius 3 is 2.28 bits per heavy atom.